The summed E-state index contributed by atoms with van der Waals surface area (Å²) in [5, 5.41) is 3.04. The van der Waals surface area contributed by atoms with Crippen molar-refractivity contribution < 1.29 is 14.3 Å². The van der Waals surface area contributed by atoms with Gasteiger partial charge in [-0.05, 0) is 45.1 Å². The van der Waals surface area contributed by atoms with E-state index in [1.54, 1.807) is 0 Å². The smallest absolute Gasteiger partial charge is 0.306 e. The number of primary amides is 1. The number of nitrogens with one attached hydrogen (secondary N) is 1. The van der Waals surface area contributed by atoms with Gasteiger partial charge in [0, 0.05) is 6.42 Å². The van der Waals surface area contributed by atoms with Crippen molar-refractivity contribution in [2.24, 2.45) is 5.73 Å². The van der Waals surface area contributed by atoms with Gasteiger partial charge in [-0.1, -0.05) is 6.92 Å². The molecule has 0 bridgehead atoms. The quantitative estimate of drug-likeness (QED) is 0.525. The Bertz CT molecular complexity index is 281. The molecule has 1 rings (SSSR count). The van der Waals surface area contributed by atoms with E-state index >= 15 is 0 Å². The highest BCUT2D eigenvalue weighted by Crippen LogP contribution is 2.21. The van der Waals surface area contributed by atoms with Gasteiger partial charge in [-0.25, -0.2) is 0 Å². The number of nitrogens with two attached hydrogens (primary N) is 1. The maximum absolute atomic E-state index is 11.5. The first-order valence-corrected chi connectivity index (χ1v) is 6.85. The largest absolute Gasteiger partial charge is 0.462 e. The maximum atomic E-state index is 11.5. The average molecular weight is 293 g/mol. The number of rotatable bonds is 8. The molecule has 0 aromatic carbocycles. The van der Waals surface area contributed by atoms with Crippen molar-refractivity contribution in [1.82, 2.24) is 5.32 Å². The summed E-state index contributed by atoms with van der Waals surface area (Å²) >= 11 is 0. The molecule has 0 aromatic heterocycles. The van der Waals surface area contributed by atoms with Crippen LogP contribution < -0.4 is 11.1 Å². The van der Waals surface area contributed by atoms with Crippen LogP contribution in [0.4, 0.5) is 0 Å². The number of amides is 1. The van der Waals surface area contributed by atoms with Gasteiger partial charge >= 0.3 is 5.97 Å². The molecule has 19 heavy (non-hydrogen) atoms. The Kier molecular flexibility index (Phi) is 9.61. The van der Waals surface area contributed by atoms with Crippen molar-refractivity contribution in [2.75, 3.05) is 6.54 Å². The second-order valence-electron chi connectivity index (χ2n) is 4.82. The van der Waals surface area contributed by atoms with Crippen LogP contribution in [0.5, 0.6) is 0 Å². The normalized spacial score (nSPS) is 16.7. The van der Waals surface area contributed by atoms with Crippen LogP contribution in [-0.2, 0) is 14.3 Å². The van der Waals surface area contributed by atoms with Crippen LogP contribution in [0.1, 0.15) is 51.9 Å². The molecule has 0 spiro atoms. The highest BCUT2D eigenvalue weighted by atomic mass is 35.5. The van der Waals surface area contributed by atoms with Gasteiger partial charge < -0.3 is 15.8 Å². The van der Waals surface area contributed by atoms with Crippen molar-refractivity contribution in [3.05, 3.63) is 0 Å². The number of hydrogen-bond acceptors (Lipinski definition) is 4. The fourth-order valence-electron chi connectivity index (χ4n) is 2.21. The Morgan fingerprint density at radius 1 is 1.37 bits per heavy atom. The van der Waals surface area contributed by atoms with Crippen LogP contribution in [-0.4, -0.2) is 30.6 Å². The van der Waals surface area contributed by atoms with Gasteiger partial charge in [-0.2, -0.15) is 0 Å². The molecule has 3 N–H and O–H groups in total. The van der Waals surface area contributed by atoms with Crippen LogP contribution in [0.2, 0.25) is 0 Å². The number of carbonyl (C=O) groups is 2. The Morgan fingerprint density at radius 3 is 2.53 bits per heavy atom. The molecule has 112 valence electrons. The molecular weight excluding hydrogens is 268 g/mol. The SMILES string of the molecule is CC[C@H](NCCCC(=O)OC1CCCC1)C(N)=O.Cl. The predicted octanol–water partition coefficient (Wildman–Crippen LogP) is 1.53. The Labute approximate surface area is 121 Å². The lowest BCUT2D eigenvalue weighted by atomic mass is 10.2. The predicted molar refractivity (Wildman–Crippen MR) is 76.1 cm³/mol. The van der Waals surface area contributed by atoms with Crippen LogP contribution in [0.3, 0.4) is 0 Å². The van der Waals surface area contributed by atoms with Gasteiger partial charge in [0.15, 0.2) is 0 Å². The first-order chi connectivity index (χ1) is 8.63. The zero-order chi connectivity index (χ0) is 13.4. The molecular formula is C13H25ClN2O3. The van der Waals surface area contributed by atoms with E-state index in [4.69, 9.17) is 10.5 Å². The summed E-state index contributed by atoms with van der Waals surface area (Å²) < 4.78 is 5.33. The zero-order valence-corrected chi connectivity index (χ0v) is 12.3. The minimum absolute atomic E-state index is 0. The standard InChI is InChI=1S/C13H24N2O3.ClH/c1-2-11(13(14)17)15-9-5-8-12(16)18-10-6-3-4-7-10;/h10-11,15H,2-9H2,1H3,(H2,14,17);1H/t11-;/m0./s1. The van der Waals surface area contributed by atoms with Gasteiger partial charge in [-0.15, -0.1) is 12.4 Å². The molecule has 1 aliphatic rings. The van der Waals surface area contributed by atoms with Gasteiger partial charge in [0.1, 0.15) is 6.10 Å². The highest BCUT2D eigenvalue weighted by Gasteiger charge is 2.19. The molecule has 1 amide bonds. The number of hydrogen-bond donors (Lipinski definition) is 2. The van der Waals surface area contributed by atoms with E-state index in [2.05, 4.69) is 5.32 Å². The van der Waals surface area contributed by atoms with Gasteiger partial charge in [0.2, 0.25) is 5.91 Å². The summed E-state index contributed by atoms with van der Waals surface area (Å²) in [6, 6.07) is -0.296. The van der Waals surface area contributed by atoms with Crippen molar-refractivity contribution in [3.8, 4) is 0 Å². The van der Waals surface area contributed by atoms with E-state index in [-0.39, 0.29) is 36.4 Å². The van der Waals surface area contributed by atoms with Gasteiger partial charge in [0.25, 0.3) is 0 Å². The Hall–Kier alpha value is -0.810. The molecule has 5 nitrogen and oxygen atoms in total. The number of ether oxygens (including phenoxy) is 1. The summed E-state index contributed by atoms with van der Waals surface area (Å²) in [7, 11) is 0. The molecule has 1 saturated carbocycles. The fourth-order valence-corrected chi connectivity index (χ4v) is 2.21. The Morgan fingerprint density at radius 2 is 2.00 bits per heavy atom. The molecule has 0 radical (unpaired) electrons. The average Bonchev–Trinajstić information content (AvgIpc) is 2.81. The molecule has 0 aliphatic heterocycles. The third-order valence-electron chi connectivity index (χ3n) is 3.30. The van der Waals surface area contributed by atoms with E-state index in [1.165, 1.54) is 0 Å². The summed E-state index contributed by atoms with van der Waals surface area (Å²) in [6.07, 6.45) is 6.22. The maximum Gasteiger partial charge on any atom is 0.306 e. The topological polar surface area (TPSA) is 81.4 Å². The third-order valence-corrected chi connectivity index (χ3v) is 3.30. The molecule has 1 atom stereocenters. The minimum atomic E-state index is -0.342. The van der Waals surface area contributed by atoms with E-state index in [0.717, 1.165) is 25.7 Å². The van der Waals surface area contributed by atoms with Gasteiger partial charge in [0.05, 0.1) is 6.04 Å². The first kappa shape index (κ1) is 18.2. The van der Waals surface area contributed by atoms with Crippen molar-refractivity contribution >= 4 is 24.3 Å². The van der Waals surface area contributed by atoms with Gasteiger partial charge in [-0.3, -0.25) is 9.59 Å². The van der Waals surface area contributed by atoms with E-state index in [1.807, 2.05) is 6.92 Å². The Balaban J connectivity index is 0.00000324. The molecule has 0 aromatic rings. The van der Waals surface area contributed by atoms with Crippen LogP contribution in [0, 0.1) is 0 Å². The molecule has 6 heteroatoms. The molecule has 0 unspecified atom stereocenters. The zero-order valence-electron chi connectivity index (χ0n) is 11.5. The van der Waals surface area contributed by atoms with E-state index in [9.17, 15) is 9.59 Å². The van der Waals surface area contributed by atoms with E-state index < -0.39 is 0 Å². The molecule has 0 heterocycles. The third kappa shape index (κ3) is 7.38. The monoisotopic (exact) mass is 292 g/mol. The molecule has 0 saturated heterocycles. The lowest BCUT2D eigenvalue weighted by Crippen LogP contribution is -2.41. The van der Waals surface area contributed by atoms with Crippen molar-refractivity contribution in [2.45, 2.75) is 64.0 Å². The number of esters is 1. The van der Waals surface area contributed by atoms with Crippen molar-refractivity contribution in [1.29, 1.82) is 0 Å². The minimum Gasteiger partial charge on any atom is -0.462 e. The molecule has 1 fully saturated rings. The molecule has 1 aliphatic carbocycles. The lowest BCUT2D eigenvalue weighted by Gasteiger charge is -2.13. The summed E-state index contributed by atoms with van der Waals surface area (Å²) in [5.74, 6) is -0.471. The van der Waals surface area contributed by atoms with Crippen molar-refractivity contribution in [3.63, 3.8) is 0 Å². The van der Waals surface area contributed by atoms with Crippen LogP contribution in [0.15, 0.2) is 0 Å². The number of halogens is 1. The number of carbonyl (C=O) groups excluding carboxylic acids is 2. The van der Waals surface area contributed by atoms with Crippen LogP contribution in [0.25, 0.3) is 0 Å². The lowest BCUT2D eigenvalue weighted by molar-refractivity contribution is -0.148. The fraction of sp³-hybridized carbons (Fsp3) is 0.846. The summed E-state index contributed by atoms with van der Waals surface area (Å²) in [6.45, 7) is 2.51. The highest BCUT2D eigenvalue weighted by molar-refractivity contribution is 5.85. The summed E-state index contributed by atoms with van der Waals surface area (Å²) in [5.41, 5.74) is 5.21. The second kappa shape index (κ2) is 10.0. The van der Waals surface area contributed by atoms with Crippen LogP contribution >= 0.6 is 12.4 Å². The second-order valence-corrected chi connectivity index (χ2v) is 4.82. The van der Waals surface area contributed by atoms with E-state index in [0.29, 0.717) is 25.8 Å². The first-order valence-electron chi connectivity index (χ1n) is 6.85. The summed E-state index contributed by atoms with van der Waals surface area (Å²) in [4.78, 5) is 22.5.